The van der Waals surface area contributed by atoms with E-state index in [4.69, 9.17) is 4.74 Å². The van der Waals surface area contributed by atoms with Crippen molar-refractivity contribution in [1.29, 1.82) is 0 Å². The van der Waals surface area contributed by atoms with E-state index in [1.165, 1.54) is 90.4 Å². The van der Waals surface area contributed by atoms with Crippen LogP contribution in [0.4, 0.5) is 17.6 Å². The van der Waals surface area contributed by atoms with Crippen molar-refractivity contribution in [1.82, 2.24) is 5.32 Å². The standard InChI is InChI=1S/C30H47F4NO3/c1-3-4-5-6-7-8-9-10-11-12-13-14-15-16-17-18-19-20-38-29(37)24(2)35-28(36)25-21-26(30(32,33)34)23-27(31)22-25/h21-24H,3-20H2,1-2H3,(H,35,36). The van der Waals surface area contributed by atoms with Crippen molar-refractivity contribution in [2.45, 2.75) is 135 Å². The van der Waals surface area contributed by atoms with Crippen LogP contribution in [0, 0.1) is 5.82 Å². The quantitative estimate of drug-likeness (QED) is 0.0952. The molecule has 0 radical (unpaired) electrons. The molecule has 0 spiro atoms. The minimum Gasteiger partial charge on any atom is -0.464 e. The van der Waals surface area contributed by atoms with Gasteiger partial charge in [-0.3, -0.25) is 4.79 Å². The average molecular weight is 546 g/mol. The summed E-state index contributed by atoms with van der Waals surface area (Å²) in [5, 5.41) is 2.26. The molecule has 1 amide bonds. The van der Waals surface area contributed by atoms with Crippen LogP contribution in [0.1, 0.15) is 139 Å². The number of amides is 1. The highest BCUT2D eigenvalue weighted by molar-refractivity contribution is 5.96. The van der Waals surface area contributed by atoms with Crippen LogP contribution in [0.25, 0.3) is 0 Å². The third-order valence-corrected chi connectivity index (χ3v) is 6.68. The fourth-order valence-electron chi connectivity index (χ4n) is 4.35. The number of nitrogens with one attached hydrogen (secondary N) is 1. The largest absolute Gasteiger partial charge is 0.464 e. The highest BCUT2D eigenvalue weighted by atomic mass is 19.4. The van der Waals surface area contributed by atoms with Crippen molar-refractivity contribution in [2.75, 3.05) is 6.61 Å². The average Bonchev–Trinajstić information content (AvgIpc) is 2.86. The third kappa shape index (κ3) is 16.0. The van der Waals surface area contributed by atoms with E-state index < -0.39 is 41.0 Å². The Balaban J connectivity index is 2.03. The molecule has 0 fully saturated rings. The lowest BCUT2D eigenvalue weighted by molar-refractivity contribution is -0.145. The van der Waals surface area contributed by atoms with Crippen LogP contribution in [0.15, 0.2) is 18.2 Å². The predicted molar refractivity (Wildman–Crippen MR) is 143 cm³/mol. The van der Waals surface area contributed by atoms with E-state index in [0.717, 1.165) is 19.3 Å². The Hall–Kier alpha value is -2.12. The van der Waals surface area contributed by atoms with Gasteiger partial charge in [0.25, 0.3) is 5.91 Å². The minimum atomic E-state index is -4.78. The van der Waals surface area contributed by atoms with Crippen molar-refractivity contribution in [3.05, 3.63) is 35.1 Å². The molecule has 1 rings (SSSR count). The molecule has 1 aromatic rings. The molecule has 4 nitrogen and oxygen atoms in total. The monoisotopic (exact) mass is 545 g/mol. The van der Waals surface area contributed by atoms with E-state index in [0.29, 0.717) is 24.6 Å². The number of esters is 1. The van der Waals surface area contributed by atoms with E-state index in [1.807, 2.05) is 0 Å². The number of unbranched alkanes of at least 4 members (excludes halogenated alkanes) is 16. The van der Waals surface area contributed by atoms with Crippen molar-refractivity contribution in [3.8, 4) is 0 Å². The molecule has 0 saturated heterocycles. The summed E-state index contributed by atoms with van der Waals surface area (Å²) >= 11 is 0. The lowest BCUT2D eigenvalue weighted by Crippen LogP contribution is -2.39. The highest BCUT2D eigenvalue weighted by Crippen LogP contribution is 2.30. The maximum absolute atomic E-state index is 13.5. The number of halogens is 4. The molecular weight excluding hydrogens is 498 g/mol. The van der Waals surface area contributed by atoms with Crippen LogP contribution in [0.5, 0.6) is 0 Å². The Morgan fingerprint density at radius 2 is 1.21 bits per heavy atom. The summed E-state index contributed by atoms with van der Waals surface area (Å²) in [5.41, 5.74) is -1.78. The Labute approximate surface area is 226 Å². The Morgan fingerprint density at radius 1 is 0.763 bits per heavy atom. The van der Waals surface area contributed by atoms with E-state index in [2.05, 4.69) is 12.2 Å². The van der Waals surface area contributed by atoms with E-state index in [-0.39, 0.29) is 6.61 Å². The molecule has 0 bridgehead atoms. The van der Waals surface area contributed by atoms with Gasteiger partial charge in [-0.25, -0.2) is 9.18 Å². The van der Waals surface area contributed by atoms with Crippen molar-refractivity contribution in [2.24, 2.45) is 0 Å². The van der Waals surface area contributed by atoms with Crippen molar-refractivity contribution in [3.63, 3.8) is 0 Å². The smallest absolute Gasteiger partial charge is 0.416 e. The van der Waals surface area contributed by atoms with Crippen LogP contribution >= 0.6 is 0 Å². The zero-order chi connectivity index (χ0) is 28.2. The summed E-state index contributed by atoms with van der Waals surface area (Å²) in [4.78, 5) is 24.3. The molecular formula is C30H47F4NO3. The molecule has 0 aliphatic carbocycles. The molecule has 8 heteroatoms. The molecule has 38 heavy (non-hydrogen) atoms. The lowest BCUT2D eigenvalue weighted by Gasteiger charge is -2.14. The summed E-state index contributed by atoms with van der Waals surface area (Å²) in [6.07, 6.45) is 16.5. The zero-order valence-corrected chi connectivity index (χ0v) is 23.3. The van der Waals surface area contributed by atoms with Gasteiger partial charge in [0.15, 0.2) is 0 Å². The first kappa shape index (κ1) is 33.9. The molecule has 1 N–H and O–H groups in total. The first-order valence-corrected chi connectivity index (χ1v) is 14.5. The third-order valence-electron chi connectivity index (χ3n) is 6.68. The summed E-state index contributed by atoms with van der Waals surface area (Å²) in [5.74, 6) is -2.83. The van der Waals surface area contributed by atoms with Gasteiger partial charge >= 0.3 is 12.1 Å². The topological polar surface area (TPSA) is 55.4 Å². The van der Waals surface area contributed by atoms with Crippen molar-refractivity contribution < 1.29 is 31.9 Å². The maximum atomic E-state index is 13.5. The summed E-state index contributed by atoms with van der Waals surface area (Å²) in [7, 11) is 0. The molecule has 0 aromatic heterocycles. The van der Waals surface area contributed by atoms with Gasteiger partial charge in [0, 0.05) is 5.56 Å². The van der Waals surface area contributed by atoms with Crippen LogP contribution < -0.4 is 5.32 Å². The maximum Gasteiger partial charge on any atom is 0.416 e. The number of rotatable bonds is 21. The lowest BCUT2D eigenvalue weighted by atomic mass is 10.0. The highest BCUT2D eigenvalue weighted by Gasteiger charge is 2.32. The normalized spacial score (nSPS) is 12.4. The number of benzene rings is 1. The number of carbonyl (C=O) groups excluding carboxylic acids is 2. The van der Waals surface area contributed by atoms with Gasteiger partial charge in [0.05, 0.1) is 12.2 Å². The molecule has 1 atom stereocenters. The molecule has 0 aliphatic heterocycles. The Bertz CT molecular complexity index is 798. The van der Waals surface area contributed by atoms with E-state index >= 15 is 0 Å². The second-order valence-electron chi connectivity index (χ2n) is 10.2. The molecule has 218 valence electrons. The van der Waals surface area contributed by atoms with Gasteiger partial charge in [0.1, 0.15) is 11.9 Å². The number of ether oxygens (including phenoxy) is 1. The summed E-state index contributed by atoms with van der Waals surface area (Å²) < 4.78 is 57.2. The van der Waals surface area contributed by atoms with Crippen LogP contribution in [-0.4, -0.2) is 24.5 Å². The van der Waals surface area contributed by atoms with Gasteiger partial charge in [-0.15, -0.1) is 0 Å². The van der Waals surface area contributed by atoms with Gasteiger partial charge in [-0.2, -0.15) is 13.2 Å². The molecule has 0 saturated carbocycles. The first-order chi connectivity index (χ1) is 18.1. The number of carbonyl (C=O) groups is 2. The Kier molecular flexibility index (Phi) is 17.7. The first-order valence-electron chi connectivity index (χ1n) is 14.5. The fourth-order valence-corrected chi connectivity index (χ4v) is 4.35. The Morgan fingerprint density at radius 3 is 1.66 bits per heavy atom. The van der Waals surface area contributed by atoms with Crippen LogP contribution in [0.2, 0.25) is 0 Å². The summed E-state index contributed by atoms with van der Waals surface area (Å²) in [6.45, 7) is 3.84. The second-order valence-corrected chi connectivity index (χ2v) is 10.2. The van der Waals surface area contributed by atoms with Crippen LogP contribution in [-0.2, 0) is 15.7 Å². The number of alkyl halides is 3. The zero-order valence-electron chi connectivity index (χ0n) is 23.3. The summed E-state index contributed by atoms with van der Waals surface area (Å²) in [6, 6.07) is 0.492. The molecule has 1 unspecified atom stereocenters. The van der Waals surface area contributed by atoms with Gasteiger partial charge in [0.2, 0.25) is 0 Å². The predicted octanol–water partition coefficient (Wildman–Crippen LogP) is 9.16. The number of hydrogen-bond donors (Lipinski definition) is 1. The number of hydrogen-bond acceptors (Lipinski definition) is 3. The van der Waals surface area contributed by atoms with Crippen molar-refractivity contribution >= 4 is 11.9 Å². The van der Waals surface area contributed by atoms with E-state index in [1.54, 1.807) is 0 Å². The second kappa shape index (κ2) is 19.9. The SMILES string of the molecule is CCCCCCCCCCCCCCCCCCCOC(=O)C(C)NC(=O)c1cc(F)cc(C(F)(F)F)c1. The molecule has 1 aromatic carbocycles. The molecule has 0 aliphatic rings. The van der Waals surface area contributed by atoms with Gasteiger partial charge in [-0.1, -0.05) is 110 Å². The minimum absolute atomic E-state index is 0.218. The fraction of sp³-hybridized carbons (Fsp3) is 0.733. The van der Waals surface area contributed by atoms with Gasteiger partial charge < -0.3 is 10.1 Å². The van der Waals surface area contributed by atoms with E-state index in [9.17, 15) is 27.2 Å². The molecule has 0 heterocycles. The van der Waals surface area contributed by atoms with Crippen LogP contribution in [0.3, 0.4) is 0 Å². The van der Waals surface area contributed by atoms with Gasteiger partial charge in [-0.05, 0) is 31.5 Å².